The van der Waals surface area contributed by atoms with Crippen molar-refractivity contribution in [3.05, 3.63) is 21.9 Å². The number of aryl methyl sites for hydroxylation is 1. The Kier molecular flexibility index (Phi) is 5.16. The van der Waals surface area contributed by atoms with E-state index < -0.39 is 11.7 Å². The van der Waals surface area contributed by atoms with Gasteiger partial charge in [-0.2, -0.15) is 0 Å². The Morgan fingerprint density at radius 3 is 2.67 bits per heavy atom. The number of nitrogens with two attached hydrogens (primary N) is 1. The topological polar surface area (TPSA) is 64.3 Å². The SMILES string of the molecule is Cc1csc(C(CN)CNC(=O)OC(C)(C)C)c1. The molecule has 0 saturated heterocycles. The van der Waals surface area contributed by atoms with Gasteiger partial charge in [0.1, 0.15) is 5.60 Å². The summed E-state index contributed by atoms with van der Waals surface area (Å²) in [5.41, 5.74) is 6.50. The highest BCUT2D eigenvalue weighted by Crippen LogP contribution is 2.22. The molecule has 4 nitrogen and oxygen atoms in total. The first-order valence-electron chi connectivity index (χ1n) is 6.04. The molecule has 0 fully saturated rings. The van der Waals surface area contributed by atoms with Gasteiger partial charge in [-0.3, -0.25) is 0 Å². The van der Waals surface area contributed by atoms with Gasteiger partial charge in [-0.15, -0.1) is 11.3 Å². The fourth-order valence-corrected chi connectivity index (χ4v) is 2.50. The minimum Gasteiger partial charge on any atom is -0.444 e. The van der Waals surface area contributed by atoms with Crippen molar-refractivity contribution in [3.63, 3.8) is 0 Å². The third kappa shape index (κ3) is 5.06. The monoisotopic (exact) mass is 270 g/mol. The van der Waals surface area contributed by atoms with Crippen molar-refractivity contribution in [2.24, 2.45) is 5.73 Å². The Balaban J connectivity index is 2.48. The number of nitrogens with one attached hydrogen (secondary N) is 1. The van der Waals surface area contributed by atoms with E-state index in [2.05, 4.69) is 23.7 Å². The average Bonchev–Trinajstić information content (AvgIpc) is 2.63. The lowest BCUT2D eigenvalue weighted by Gasteiger charge is -2.21. The van der Waals surface area contributed by atoms with Crippen LogP contribution in [-0.4, -0.2) is 24.8 Å². The van der Waals surface area contributed by atoms with Crippen LogP contribution in [0.15, 0.2) is 11.4 Å². The Morgan fingerprint density at radius 1 is 1.56 bits per heavy atom. The van der Waals surface area contributed by atoms with Crippen molar-refractivity contribution in [1.29, 1.82) is 0 Å². The van der Waals surface area contributed by atoms with E-state index in [1.807, 2.05) is 20.8 Å². The predicted molar refractivity (Wildman–Crippen MR) is 75.1 cm³/mol. The van der Waals surface area contributed by atoms with E-state index in [1.165, 1.54) is 10.4 Å². The molecule has 102 valence electrons. The second kappa shape index (κ2) is 6.20. The van der Waals surface area contributed by atoms with E-state index in [-0.39, 0.29) is 5.92 Å². The lowest BCUT2D eigenvalue weighted by Crippen LogP contribution is -2.36. The number of ether oxygens (including phenoxy) is 1. The fourth-order valence-electron chi connectivity index (χ4n) is 1.49. The van der Waals surface area contributed by atoms with Gasteiger partial charge in [0.15, 0.2) is 0 Å². The summed E-state index contributed by atoms with van der Waals surface area (Å²) in [6, 6.07) is 2.11. The van der Waals surface area contributed by atoms with Crippen LogP contribution in [0.25, 0.3) is 0 Å². The molecule has 0 aliphatic rings. The lowest BCUT2D eigenvalue weighted by molar-refractivity contribution is 0.0525. The smallest absolute Gasteiger partial charge is 0.407 e. The van der Waals surface area contributed by atoms with E-state index >= 15 is 0 Å². The minimum atomic E-state index is -0.470. The molecule has 18 heavy (non-hydrogen) atoms. The standard InChI is InChI=1S/C13H22N2O2S/c1-9-5-11(18-8-9)10(6-14)7-15-12(16)17-13(2,3)4/h5,8,10H,6-7,14H2,1-4H3,(H,15,16). The molecule has 0 aromatic carbocycles. The van der Waals surface area contributed by atoms with Gasteiger partial charge in [-0.05, 0) is 44.7 Å². The van der Waals surface area contributed by atoms with Gasteiger partial charge >= 0.3 is 6.09 Å². The molecule has 1 amide bonds. The van der Waals surface area contributed by atoms with Crippen LogP contribution in [-0.2, 0) is 4.74 Å². The maximum absolute atomic E-state index is 11.5. The average molecular weight is 270 g/mol. The summed E-state index contributed by atoms with van der Waals surface area (Å²) in [4.78, 5) is 12.7. The number of amides is 1. The van der Waals surface area contributed by atoms with E-state index in [1.54, 1.807) is 11.3 Å². The van der Waals surface area contributed by atoms with Crippen molar-refractivity contribution >= 4 is 17.4 Å². The molecule has 1 aromatic heterocycles. The number of hydrogen-bond acceptors (Lipinski definition) is 4. The summed E-state index contributed by atoms with van der Waals surface area (Å²) in [7, 11) is 0. The summed E-state index contributed by atoms with van der Waals surface area (Å²) in [5.74, 6) is 0.149. The quantitative estimate of drug-likeness (QED) is 0.884. The maximum Gasteiger partial charge on any atom is 0.407 e. The van der Waals surface area contributed by atoms with Crippen LogP contribution in [0, 0.1) is 6.92 Å². The van der Waals surface area contributed by atoms with Gasteiger partial charge in [0.2, 0.25) is 0 Å². The van der Waals surface area contributed by atoms with Crippen LogP contribution in [0.2, 0.25) is 0 Å². The van der Waals surface area contributed by atoms with Gasteiger partial charge in [0.05, 0.1) is 0 Å². The minimum absolute atomic E-state index is 0.149. The molecule has 0 aliphatic carbocycles. The largest absolute Gasteiger partial charge is 0.444 e. The van der Waals surface area contributed by atoms with Crippen LogP contribution in [0.1, 0.15) is 37.1 Å². The zero-order chi connectivity index (χ0) is 13.8. The van der Waals surface area contributed by atoms with E-state index in [4.69, 9.17) is 10.5 Å². The van der Waals surface area contributed by atoms with Crippen molar-refractivity contribution < 1.29 is 9.53 Å². The van der Waals surface area contributed by atoms with Crippen LogP contribution in [0.5, 0.6) is 0 Å². The molecule has 0 spiro atoms. The molecule has 0 bridgehead atoms. The lowest BCUT2D eigenvalue weighted by atomic mass is 10.1. The third-order valence-electron chi connectivity index (χ3n) is 2.33. The highest BCUT2D eigenvalue weighted by Gasteiger charge is 2.18. The van der Waals surface area contributed by atoms with Crippen molar-refractivity contribution in [3.8, 4) is 0 Å². The number of carbonyl (C=O) groups excluding carboxylic acids is 1. The first-order valence-corrected chi connectivity index (χ1v) is 6.91. The van der Waals surface area contributed by atoms with Crippen LogP contribution in [0.4, 0.5) is 4.79 Å². The van der Waals surface area contributed by atoms with Crippen molar-refractivity contribution in [1.82, 2.24) is 5.32 Å². The number of thiophene rings is 1. The second-order valence-corrected chi connectivity index (χ2v) is 6.28. The van der Waals surface area contributed by atoms with E-state index in [0.717, 1.165) is 0 Å². The highest BCUT2D eigenvalue weighted by atomic mass is 32.1. The molecule has 0 radical (unpaired) electrons. The Hall–Kier alpha value is -1.07. The normalized spacial score (nSPS) is 13.2. The van der Waals surface area contributed by atoms with Crippen molar-refractivity contribution in [2.45, 2.75) is 39.2 Å². The zero-order valence-corrected chi connectivity index (χ0v) is 12.3. The van der Waals surface area contributed by atoms with Crippen LogP contribution < -0.4 is 11.1 Å². The summed E-state index contributed by atoms with van der Waals surface area (Å²) in [6.07, 6.45) is -0.394. The molecule has 0 aliphatic heterocycles. The second-order valence-electron chi connectivity index (χ2n) is 5.34. The van der Waals surface area contributed by atoms with E-state index in [0.29, 0.717) is 13.1 Å². The number of alkyl carbamates (subject to hydrolysis) is 1. The third-order valence-corrected chi connectivity index (χ3v) is 3.54. The molecule has 1 atom stereocenters. The fraction of sp³-hybridized carbons (Fsp3) is 0.615. The maximum atomic E-state index is 11.5. The molecule has 5 heteroatoms. The molecule has 1 unspecified atom stereocenters. The summed E-state index contributed by atoms with van der Waals surface area (Å²) in [5, 5.41) is 4.85. The van der Waals surface area contributed by atoms with Crippen LogP contribution in [0.3, 0.4) is 0 Å². The Bertz CT molecular complexity index is 396. The molecule has 3 N–H and O–H groups in total. The molecule has 1 heterocycles. The number of hydrogen-bond donors (Lipinski definition) is 2. The van der Waals surface area contributed by atoms with Gasteiger partial charge in [-0.25, -0.2) is 4.79 Å². The van der Waals surface area contributed by atoms with Gasteiger partial charge in [0.25, 0.3) is 0 Å². The molecule has 1 rings (SSSR count). The Labute approximate surface area is 113 Å². The number of rotatable bonds is 4. The first-order chi connectivity index (χ1) is 8.31. The summed E-state index contributed by atoms with van der Waals surface area (Å²) < 4.78 is 5.19. The summed E-state index contributed by atoms with van der Waals surface area (Å²) in [6.45, 7) is 8.59. The first kappa shape index (κ1) is 15.0. The predicted octanol–water partition coefficient (Wildman–Crippen LogP) is 2.62. The summed E-state index contributed by atoms with van der Waals surface area (Å²) >= 11 is 1.67. The van der Waals surface area contributed by atoms with E-state index in [9.17, 15) is 4.79 Å². The molecule has 0 saturated carbocycles. The van der Waals surface area contributed by atoms with Gasteiger partial charge in [0, 0.05) is 23.9 Å². The van der Waals surface area contributed by atoms with Crippen molar-refractivity contribution in [2.75, 3.05) is 13.1 Å². The zero-order valence-electron chi connectivity index (χ0n) is 11.4. The van der Waals surface area contributed by atoms with Crippen LogP contribution >= 0.6 is 11.3 Å². The number of carbonyl (C=O) groups is 1. The van der Waals surface area contributed by atoms with Gasteiger partial charge < -0.3 is 15.8 Å². The molecular formula is C13H22N2O2S. The van der Waals surface area contributed by atoms with Gasteiger partial charge in [-0.1, -0.05) is 0 Å². The molecular weight excluding hydrogens is 248 g/mol. The highest BCUT2D eigenvalue weighted by molar-refractivity contribution is 7.10. The Morgan fingerprint density at radius 2 is 2.22 bits per heavy atom. The molecule has 1 aromatic rings.